The molecule has 0 fully saturated rings. The number of amides is 2. The van der Waals surface area contributed by atoms with E-state index in [0.717, 1.165) is 16.7 Å². The number of esters is 1. The van der Waals surface area contributed by atoms with Gasteiger partial charge in [0.15, 0.2) is 0 Å². The number of carboxylic acids is 1. The summed E-state index contributed by atoms with van der Waals surface area (Å²) in [4.78, 5) is 46.8. The Bertz CT molecular complexity index is 959. The van der Waals surface area contributed by atoms with Crippen LogP contribution in [0.1, 0.15) is 38.7 Å². The van der Waals surface area contributed by atoms with Crippen LogP contribution in [-0.2, 0) is 30.3 Å². The first-order valence-corrected chi connectivity index (χ1v) is 11.4. The van der Waals surface area contributed by atoms with Crippen LogP contribution in [0.4, 0.5) is 0 Å². The molecule has 0 saturated heterocycles. The van der Waals surface area contributed by atoms with Crippen LogP contribution in [0.5, 0.6) is 0 Å². The zero-order chi connectivity index (χ0) is 24.9. The fourth-order valence-electron chi connectivity index (χ4n) is 3.54. The van der Waals surface area contributed by atoms with E-state index in [1.807, 2.05) is 54.6 Å². The molecule has 2 amide bonds. The Hall–Kier alpha value is -3.68. The van der Waals surface area contributed by atoms with Crippen LogP contribution < -0.4 is 10.6 Å². The third-order valence-corrected chi connectivity index (χ3v) is 5.25. The van der Waals surface area contributed by atoms with E-state index in [1.54, 1.807) is 13.8 Å². The van der Waals surface area contributed by atoms with E-state index in [9.17, 15) is 19.2 Å². The van der Waals surface area contributed by atoms with Crippen molar-refractivity contribution < 1.29 is 29.0 Å². The van der Waals surface area contributed by atoms with Crippen molar-refractivity contribution in [2.24, 2.45) is 5.92 Å². The molecule has 0 aliphatic rings. The lowest BCUT2D eigenvalue weighted by atomic mass is 9.94. The Morgan fingerprint density at radius 2 is 1.53 bits per heavy atom. The van der Waals surface area contributed by atoms with E-state index >= 15 is 0 Å². The van der Waals surface area contributed by atoms with Crippen molar-refractivity contribution >= 4 is 23.8 Å². The van der Waals surface area contributed by atoms with Gasteiger partial charge in [-0.25, -0.2) is 0 Å². The summed E-state index contributed by atoms with van der Waals surface area (Å²) in [6, 6.07) is 17.7. The summed E-state index contributed by atoms with van der Waals surface area (Å²) >= 11 is 0. The van der Waals surface area contributed by atoms with Gasteiger partial charge in [0.1, 0.15) is 6.54 Å². The van der Waals surface area contributed by atoms with Gasteiger partial charge in [0, 0.05) is 18.9 Å². The molecule has 34 heavy (non-hydrogen) atoms. The van der Waals surface area contributed by atoms with Gasteiger partial charge in [-0.3, -0.25) is 19.2 Å². The molecule has 8 nitrogen and oxygen atoms in total. The van der Waals surface area contributed by atoms with Gasteiger partial charge in [0.2, 0.25) is 11.8 Å². The topological polar surface area (TPSA) is 122 Å². The van der Waals surface area contributed by atoms with Crippen molar-refractivity contribution in [3.63, 3.8) is 0 Å². The summed E-state index contributed by atoms with van der Waals surface area (Å²) < 4.78 is 5.10. The molecule has 0 bridgehead atoms. The highest BCUT2D eigenvalue weighted by atomic mass is 16.5. The van der Waals surface area contributed by atoms with Crippen molar-refractivity contribution in [1.82, 2.24) is 10.6 Å². The van der Waals surface area contributed by atoms with Crippen LogP contribution in [0.3, 0.4) is 0 Å². The third-order valence-electron chi connectivity index (χ3n) is 5.25. The molecule has 2 aromatic carbocycles. The molecular weight excluding hydrogens is 436 g/mol. The normalized spacial score (nSPS) is 12.3. The number of ether oxygens (including phenoxy) is 1. The summed E-state index contributed by atoms with van der Waals surface area (Å²) in [6.45, 7) is 3.30. The number of carbonyl (C=O) groups is 4. The van der Waals surface area contributed by atoms with E-state index in [4.69, 9.17) is 9.84 Å². The number of nitrogens with one attached hydrogen (secondary N) is 2. The molecule has 0 aliphatic heterocycles. The second-order valence-electron chi connectivity index (χ2n) is 8.09. The largest absolute Gasteiger partial charge is 0.480 e. The number of carboxylic acid groups (broad SMARTS) is 1. The predicted molar refractivity (Wildman–Crippen MR) is 128 cm³/mol. The Morgan fingerprint density at radius 3 is 2.15 bits per heavy atom. The molecule has 0 aromatic heterocycles. The molecule has 0 heterocycles. The minimum absolute atomic E-state index is 0.0807. The number of benzene rings is 2. The third kappa shape index (κ3) is 9.44. The van der Waals surface area contributed by atoms with Gasteiger partial charge in [0.05, 0.1) is 12.5 Å². The zero-order valence-electron chi connectivity index (χ0n) is 19.6. The Balaban J connectivity index is 2.02. The summed E-state index contributed by atoms with van der Waals surface area (Å²) in [5, 5.41) is 13.8. The molecule has 2 rings (SSSR count). The number of hydrogen-bond acceptors (Lipinski definition) is 5. The van der Waals surface area contributed by atoms with Crippen molar-refractivity contribution in [3.05, 3.63) is 60.2 Å². The molecule has 3 N–H and O–H groups in total. The second-order valence-corrected chi connectivity index (χ2v) is 8.09. The van der Waals surface area contributed by atoms with Crippen LogP contribution in [-0.4, -0.2) is 48.1 Å². The highest BCUT2D eigenvalue weighted by Crippen LogP contribution is 2.21. The van der Waals surface area contributed by atoms with Gasteiger partial charge in [-0.1, -0.05) is 61.5 Å². The van der Waals surface area contributed by atoms with E-state index < -0.39 is 24.3 Å². The maximum absolute atomic E-state index is 12.5. The van der Waals surface area contributed by atoms with Crippen molar-refractivity contribution in [2.45, 2.75) is 45.6 Å². The monoisotopic (exact) mass is 468 g/mol. The van der Waals surface area contributed by atoms with Crippen LogP contribution in [0.25, 0.3) is 11.1 Å². The molecule has 0 spiro atoms. The minimum atomic E-state index is -1.15. The van der Waals surface area contributed by atoms with Crippen LogP contribution in [0.15, 0.2) is 54.6 Å². The zero-order valence-corrected chi connectivity index (χ0v) is 19.6. The lowest BCUT2D eigenvalue weighted by Gasteiger charge is -2.22. The quantitative estimate of drug-likeness (QED) is 0.389. The van der Waals surface area contributed by atoms with Crippen molar-refractivity contribution in [3.8, 4) is 11.1 Å². The number of hydrogen-bond donors (Lipinski definition) is 3. The minimum Gasteiger partial charge on any atom is -0.480 e. The molecule has 0 radical (unpaired) electrons. The van der Waals surface area contributed by atoms with Gasteiger partial charge in [0.25, 0.3) is 0 Å². The summed E-state index contributed by atoms with van der Waals surface area (Å²) in [6.07, 6.45) is 0.694. The van der Waals surface area contributed by atoms with Crippen LogP contribution in [0.2, 0.25) is 0 Å². The summed E-state index contributed by atoms with van der Waals surface area (Å²) in [7, 11) is 0. The first kappa shape index (κ1) is 26.6. The fraction of sp³-hybridized carbons (Fsp3) is 0.385. The maximum Gasteiger partial charge on any atom is 0.322 e. The first-order valence-electron chi connectivity index (χ1n) is 11.4. The van der Waals surface area contributed by atoms with E-state index in [1.165, 1.54) is 0 Å². The van der Waals surface area contributed by atoms with Gasteiger partial charge in [-0.15, -0.1) is 0 Å². The smallest absolute Gasteiger partial charge is 0.322 e. The molecule has 182 valence electrons. The second kappa shape index (κ2) is 13.8. The average molecular weight is 469 g/mol. The lowest BCUT2D eigenvalue weighted by Crippen LogP contribution is -2.39. The molecule has 2 aromatic rings. The van der Waals surface area contributed by atoms with Gasteiger partial charge in [-0.2, -0.15) is 0 Å². The maximum atomic E-state index is 12.5. The molecule has 2 atom stereocenters. The van der Waals surface area contributed by atoms with Crippen molar-refractivity contribution in [1.29, 1.82) is 0 Å². The number of aliphatic carboxylic acids is 1. The molecular formula is C26H32N2O6. The highest BCUT2D eigenvalue weighted by Gasteiger charge is 2.22. The SMILES string of the molecule is CCOC(=O)[C@H](C)C[C@@H](Cc1ccc(-c2ccccc2)cc1)NC(=O)CCC(=O)NCC(=O)O. The Labute approximate surface area is 199 Å². The Morgan fingerprint density at radius 1 is 0.912 bits per heavy atom. The number of rotatable bonds is 13. The highest BCUT2D eigenvalue weighted by molar-refractivity contribution is 5.85. The standard InChI is InChI=1S/C26H32N2O6/c1-3-34-26(33)18(2)15-22(28-24(30)14-13-23(29)27-17-25(31)32)16-19-9-11-21(12-10-19)20-7-5-4-6-8-20/h4-12,18,22H,3,13-17H2,1-2H3,(H,27,29)(H,28,30)(H,31,32)/t18-,22+/m1/s1. The number of carbonyl (C=O) groups excluding carboxylic acids is 3. The van der Waals surface area contributed by atoms with Gasteiger partial charge in [-0.05, 0) is 36.5 Å². The molecule has 0 aliphatic carbocycles. The lowest BCUT2D eigenvalue weighted by molar-refractivity contribution is -0.148. The van der Waals surface area contributed by atoms with E-state index in [2.05, 4.69) is 10.6 Å². The molecule has 0 unspecified atom stereocenters. The van der Waals surface area contributed by atoms with E-state index in [0.29, 0.717) is 12.8 Å². The fourth-order valence-corrected chi connectivity index (χ4v) is 3.54. The summed E-state index contributed by atoms with van der Waals surface area (Å²) in [5.41, 5.74) is 3.19. The summed E-state index contributed by atoms with van der Waals surface area (Å²) in [5.74, 6) is -2.73. The average Bonchev–Trinajstić information content (AvgIpc) is 2.82. The van der Waals surface area contributed by atoms with Gasteiger partial charge < -0.3 is 20.5 Å². The van der Waals surface area contributed by atoms with Crippen LogP contribution >= 0.6 is 0 Å². The van der Waals surface area contributed by atoms with Crippen LogP contribution in [0, 0.1) is 5.92 Å². The predicted octanol–water partition coefficient (Wildman–Crippen LogP) is 2.95. The van der Waals surface area contributed by atoms with Crippen molar-refractivity contribution in [2.75, 3.05) is 13.2 Å². The molecule has 0 saturated carbocycles. The Kier molecular flexibility index (Phi) is 10.8. The van der Waals surface area contributed by atoms with E-state index in [-0.39, 0.29) is 37.4 Å². The van der Waals surface area contributed by atoms with Gasteiger partial charge >= 0.3 is 11.9 Å². The first-order chi connectivity index (χ1) is 16.3. The molecule has 8 heteroatoms.